The van der Waals surface area contributed by atoms with Gasteiger partial charge in [-0.2, -0.15) is 13.2 Å². The molecule has 5 heteroatoms. The molecule has 0 atom stereocenters. The Balaban J connectivity index is 0.00000162. The normalized spacial score (nSPS) is 24.4. The van der Waals surface area contributed by atoms with Gasteiger partial charge in [-0.15, -0.1) is 12.4 Å². The highest BCUT2D eigenvalue weighted by Gasteiger charge is 2.35. The molecule has 2 rings (SSSR count). The summed E-state index contributed by atoms with van der Waals surface area (Å²) in [5.41, 5.74) is 5.73. The lowest BCUT2D eigenvalue weighted by Gasteiger charge is -2.28. The second-order valence-electron chi connectivity index (χ2n) is 4.70. The maximum absolute atomic E-state index is 12.9. The molecule has 1 aromatic rings. The first-order valence-corrected chi connectivity index (χ1v) is 5.90. The second-order valence-corrected chi connectivity index (χ2v) is 4.70. The maximum Gasteiger partial charge on any atom is 0.416 e. The van der Waals surface area contributed by atoms with Crippen molar-refractivity contribution in [3.05, 3.63) is 35.4 Å². The Kier molecular flexibility index (Phi) is 5.05. The predicted octanol–water partition coefficient (Wildman–Crippen LogP) is 4.11. The van der Waals surface area contributed by atoms with Gasteiger partial charge in [0.05, 0.1) is 5.56 Å². The molecule has 0 amide bonds. The van der Waals surface area contributed by atoms with Gasteiger partial charge >= 0.3 is 6.18 Å². The van der Waals surface area contributed by atoms with Crippen LogP contribution in [0.15, 0.2) is 24.3 Å². The third-order valence-electron chi connectivity index (χ3n) is 3.48. The van der Waals surface area contributed by atoms with Gasteiger partial charge in [-0.25, -0.2) is 0 Å². The first-order chi connectivity index (χ1) is 7.98. The van der Waals surface area contributed by atoms with Crippen LogP contribution in [0.3, 0.4) is 0 Å². The summed E-state index contributed by atoms with van der Waals surface area (Å²) in [5.74, 6) is 0.00706. The number of halogens is 4. The van der Waals surface area contributed by atoms with E-state index in [1.807, 2.05) is 0 Å². The molecule has 1 fully saturated rings. The molecule has 1 nitrogen and oxygen atoms in total. The van der Waals surface area contributed by atoms with E-state index in [9.17, 15) is 13.2 Å². The fraction of sp³-hybridized carbons (Fsp3) is 0.538. The molecule has 18 heavy (non-hydrogen) atoms. The monoisotopic (exact) mass is 279 g/mol. The van der Waals surface area contributed by atoms with Crippen LogP contribution in [0.2, 0.25) is 0 Å². The van der Waals surface area contributed by atoms with E-state index in [2.05, 4.69) is 0 Å². The Morgan fingerprint density at radius 2 is 1.56 bits per heavy atom. The topological polar surface area (TPSA) is 26.0 Å². The van der Waals surface area contributed by atoms with Crippen LogP contribution in [0.1, 0.15) is 42.7 Å². The van der Waals surface area contributed by atoms with Crippen molar-refractivity contribution >= 4 is 12.4 Å². The summed E-state index contributed by atoms with van der Waals surface area (Å²) in [6.45, 7) is 0. The van der Waals surface area contributed by atoms with E-state index in [0.717, 1.165) is 25.7 Å². The zero-order chi connectivity index (χ0) is 12.5. The van der Waals surface area contributed by atoms with Crippen LogP contribution in [0.25, 0.3) is 0 Å². The Morgan fingerprint density at radius 1 is 1.00 bits per heavy atom. The van der Waals surface area contributed by atoms with Gasteiger partial charge in [0.1, 0.15) is 0 Å². The first-order valence-electron chi connectivity index (χ1n) is 5.90. The molecule has 0 saturated heterocycles. The molecule has 102 valence electrons. The number of hydrogen-bond donors (Lipinski definition) is 1. The number of hydrogen-bond acceptors (Lipinski definition) is 1. The van der Waals surface area contributed by atoms with Gasteiger partial charge in [0.15, 0.2) is 0 Å². The van der Waals surface area contributed by atoms with Gasteiger partial charge in [0.25, 0.3) is 0 Å². The van der Waals surface area contributed by atoms with Crippen molar-refractivity contribution in [1.82, 2.24) is 0 Å². The van der Waals surface area contributed by atoms with Crippen LogP contribution in [0.5, 0.6) is 0 Å². The van der Waals surface area contributed by atoms with Crippen LogP contribution in [0, 0.1) is 0 Å². The molecule has 1 aliphatic carbocycles. The molecule has 0 bridgehead atoms. The Morgan fingerprint density at radius 3 is 2.11 bits per heavy atom. The van der Waals surface area contributed by atoms with Gasteiger partial charge in [0, 0.05) is 6.04 Å². The van der Waals surface area contributed by atoms with Crippen LogP contribution < -0.4 is 5.73 Å². The highest BCUT2D eigenvalue weighted by atomic mass is 35.5. The van der Waals surface area contributed by atoms with Crippen molar-refractivity contribution < 1.29 is 13.2 Å². The SMILES string of the molecule is Cl.NC1CCC(c2ccccc2C(F)(F)F)CC1. The molecule has 1 aliphatic rings. The minimum atomic E-state index is -4.25. The molecular formula is C13H17ClF3N. The predicted molar refractivity (Wildman–Crippen MR) is 67.9 cm³/mol. The van der Waals surface area contributed by atoms with Gasteiger partial charge in [-0.3, -0.25) is 0 Å². The highest BCUT2D eigenvalue weighted by Crippen LogP contribution is 2.40. The lowest BCUT2D eigenvalue weighted by molar-refractivity contribution is -0.138. The largest absolute Gasteiger partial charge is 0.416 e. The van der Waals surface area contributed by atoms with E-state index >= 15 is 0 Å². The Hall–Kier alpha value is -0.740. The molecule has 0 aromatic heterocycles. The number of nitrogens with two attached hydrogens (primary N) is 1. The molecule has 1 saturated carbocycles. The van der Waals surface area contributed by atoms with Crippen LogP contribution >= 0.6 is 12.4 Å². The van der Waals surface area contributed by atoms with E-state index in [1.54, 1.807) is 12.1 Å². The summed E-state index contributed by atoms with van der Waals surface area (Å²) in [7, 11) is 0. The van der Waals surface area contributed by atoms with Crippen LogP contribution in [-0.2, 0) is 6.18 Å². The summed E-state index contributed by atoms with van der Waals surface area (Å²) >= 11 is 0. The van der Waals surface area contributed by atoms with Gasteiger partial charge in [0.2, 0.25) is 0 Å². The number of alkyl halides is 3. The van der Waals surface area contributed by atoms with Crippen molar-refractivity contribution in [1.29, 1.82) is 0 Å². The Bertz CT molecular complexity index is 384. The first kappa shape index (κ1) is 15.3. The molecule has 0 radical (unpaired) electrons. The lowest BCUT2D eigenvalue weighted by atomic mass is 9.80. The van der Waals surface area contributed by atoms with Crippen molar-refractivity contribution in [3.8, 4) is 0 Å². The highest BCUT2D eigenvalue weighted by molar-refractivity contribution is 5.85. The third-order valence-corrected chi connectivity index (χ3v) is 3.48. The molecule has 2 N–H and O–H groups in total. The molecule has 0 unspecified atom stereocenters. The summed E-state index contributed by atoms with van der Waals surface area (Å²) < 4.78 is 38.6. The van der Waals surface area contributed by atoms with E-state index in [4.69, 9.17) is 5.73 Å². The minimum Gasteiger partial charge on any atom is -0.328 e. The van der Waals surface area contributed by atoms with Crippen molar-refractivity contribution in [2.45, 2.75) is 43.8 Å². The second kappa shape index (κ2) is 5.93. The number of benzene rings is 1. The lowest BCUT2D eigenvalue weighted by Crippen LogP contribution is -2.26. The van der Waals surface area contributed by atoms with E-state index < -0.39 is 11.7 Å². The van der Waals surface area contributed by atoms with Crippen molar-refractivity contribution in [3.63, 3.8) is 0 Å². The molecular weight excluding hydrogens is 263 g/mol. The molecule has 0 heterocycles. The average Bonchev–Trinajstić information content (AvgIpc) is 2.29. The minimum absolute atomic E-state index is 0. The third kappa shape index (κ3) is 3.39. The standard InChI is InChI=1S/C13H16F3N.ClH/c14-13(15,16)12-4-2-1-3-11(12)9-5-7-10(17)8-6-9;/h1-4,9-10H,5-8,17H2;1H. The Labute approximate surface area is 111 Å². The van der Waals surface area contributed by atoms with Gasteiger partial charge < -0.3 is 5.73 Å². The van der Waals surface area contributed by atoms with Crippen molar-refractivity contribution in [2.24, 2.45) is 5.73 Å². The van der Waals surface area contributed by atoms with Gasteiger partial charge in [-0.05, 0) is 43.2 Å². The smallest absolute Gasteiger partial charge is 0.328 e. The van der Waals surface area contributed by atoms with Crippen molar-refractivity contribution in [2.75, 3.05) is 0 Å². The summed E-state index contributed by atoms with van der Waals surface area (Å²) in [6.07, 6.45) is -1.10. The van der Waals surface area contributed by atoms with E-state index in [1.165, 1.54) is 12.1 Å². The molecule has 0 aliphatic heterocycles. The fourth-order valence-electron chi connectivity index (χ4n) is 2.54. The number of rotatable bonds is 1. The fourth-order valence-corrected chi connectivity index (χ4v) is 2.54. The zero-order valence-corrected chi connectivity index (χ0v) is 10.7. The van der Waals surface area contributed by atoms with Gasteiger partial charge in [-0.1, -0.05) is 18.2 Å². The molecule has 0 spiro atoms. The maximum atomic E-state index is 12.9. The van der Waals surface area contributed by atoms with E-state index in [0.29, 0.717) is 5.56 Å². The summed E-state index contributed by atoms with van der Waals surface area (Å²) in [4.78, 5) is 0. The summed E-state index contributed by atoms with van der Waals surface area (Å²) in [6, 6.07) is 6.05. The van der Waals surface area contributed by atoms with Crippen LogP contribution in [0.4, 0.5) is 13.2 Å². The zero-order valence-electron chi connectivity index (χ0n) is 9.91. The van der Waals surface area contributed by atoms with Crippen LogP contribution in [-0.4, -0.2) is 6.04 Å². The summed E-state index contributed by atoms with van der Waals surface area (Å²) in [5, 5.41) is 0. The van der Waals surface area contributed by atoms with E-state index in [-0.39, 0.29) is 24.4 Å². The molecule has 1 aromatic carbocycles. The quantitative estimate of drug-likeness (QED) is 0.822. The average molecular weight is 280 g/mol.